The molecule has 0 fully saturated rings. The van der Waals surface area contributed by atoms with Gasteiger partial charge in [0.05, 0.1) is 11.3 Å². The van der Waals surface area contributed by atoms with Gasteiger partial charge < -0.3 is 5.32 Å². The van der Waals surface area contributed by atoms with E-state index in [1.165, 1.54) is 17.4 Å². The third-order valence-corrected chi connectivity index (χ3v) is 3.62. The Morgan fingerprint density at radius 1 is 1.30 bits per heavy atom. The van der Waals surface area contributed by atoms with E-state index < -0.39 is 11.7 Å². The molecule has 0 bridgehead atoms. The first-order chi connectivity index (χ1) is 9.36. The first kappa shape index (κ1) is 15.0. The summed E-state index contributed by atoms with van der Waals surface area (Å²) >= 11 is 1.36. The van der Waals surface area contributed by atoms with Gasteiger partial charge in [0.25, 0.3) is 0 Å². The molecule has 108 valence electrons. The van der Waals surface area contributed by atoms with Crippen LogP contribution in [0.5, 0.6) is 0 Å². The van der Waals surface area contributed by atoms with E-state index in [2.05, 4.69) is 10.3 Å². The van der Waals surface area contributed by atoms with Gasteiger partial charge in [-0.3, -0.25) is 0 Å². The fourth-order valence-electron chi connectivity index (χ4n) is 1.66. The lowest BCUT2D eigenvalue weighted by molar-refractivity contribution is -0.137. The van der Waals surface area contributed by atoms with Gasteiger partial charge in [0.2, 0.25) is 0 Å². The minimum absolute atomic E-state index is 0.341. The number of aromatic nitrogens is 1. The van der Waals surface area contributed by atoms with Crippen molar-refractivity contribution in [2.75, 3.05) is 0 Å². The Kier molecular flexibility index (Phi) is 4.45. The van der Waals surface area contributed by atoms with E-state index in [-0.39, 0.29) is 0 Å². The van der Waals surface area contributed by atoms with Crippen LogP contribution < -0.4 is 5.32 Å². The van der Waals surface area contributed by atoms with Gasteiger partial charge in [0.15, 0.2) is 0 Å². The first-order valence-corrected chi connectivity index (χ1v) is 7.09. The van der Waals surface area contributed by atoms with Crippen molar-refractivity contribution < 1.29 is 13.2 Å². The summed E-state index contributed by atoms with van der Waals surface area (Å²) in [5.74, 6) is 0. The summed E-state index contributed by atoms with van der Waals surface area (Å²) in [6.07, 6.45) is -4.32. The van der Waals surface area contributed by atoms with Gasteiger partial charge in [-0.15, -0.1) is 11.3 Å². The van der Waals surface area contributed by atoms with Gasteiger partial charge in [0.1, 0.15) is 5.01 Å². The molecule has 0 spiro atoms. The van der Waals surface area contributed by atoms with E-state index in [1.807, 2.05) is 19.2 Å². The maximum atomic E-state index is 12.7. The highest BCUT2D eigenvalue weighted by Gasteiger charge is 2.30. The molecule has 0 unspecified atom stereocenters. The lowest BCUT2D eigenvalue weighted by Gasteiger charge is -2.07. The van der Waals surface area contributed by atoms with Gasteiger partial charge in [0, 0.05) is 23.5 Å². The number of benzene rings is 1. The Morgan fingerprint density at radius 2 is 2.05 bits per heavy atom. The van der Waals surface area contributed by atoms with Gasteiger partial charge in [-0.05, 0) is 12.1 Å². The molecule has 0 atom stereocenters. The molecule has 0 aliphatic heterocycles. The van der Waals surface area contributed by atoms with Crippen LogP contribution in [0.4, 0.5) is 13.2 Å². The minimum atomic E-state index is -4.32. The molecule has 1 aromatic carbocycles. The summed E-state index contributed by atoms with van der Waals surface area (Å²) < 4.78 is 38.0. The average Bonchev–Trinajstić information content (AvgIpc) is 2.84. The van der Waals surface area contributed by atoms with Crippen LogP contribution in [0, 0.1) is 0 Å². The molecule has 0 amide bonds. The number of nitrogens with one attached hydrogen (secondary N) is 1. The normalized spacial score (nSPS) is 12.1. The third-order valence-electron chi connectivity index (χ3n) is 2.68. The number of nitrogens with zero attached hydrogens (tertiary/aromatic N) is 1. The molecule has 0 saturated carbocycles. The van der Waals surface area contributed by atoms with Crippen LogP contribution in [0.15, 0.2) is 29.6 Å². The van der Waals surface area contributed by atoms with E-state index in [0.29, 0.717) is 23.2 Å². The predicted molar refractivity (Wildman–Crippen MR) is 74.5 cm³/mol. The molecule has 1 heterocycles. The average molecular weight is 300 g/mol. The SMILES string of the molecule is CC(C)NCc1csc(-c2cccc(C(F)(F)F)c2)n1. The van der Waals surface area contributed by atoms with Gasteiger partial charge in [-0.25, -0.2) is 4.98 Å². The molecule has 0 aliphatic rings. The molecule has 6 heteroatoms. The topological polar surface area (TPSA) is 24.9 Å². The molecule has 1 N–H and O–H groups in total. The lowest BCUT2D eigenvalue weighted by Crippen LogP contribution is -2.21. The highest BCUT2D eigenvalue weighted by atomic mass is 32.1. The molecular weight excluding hydrogens is 285 g/mol. The number of rotatable bonds is 4. The predicted octanol–water partition coefficient (Wildman–Crippen LogP) is 4.33. The molecule has 0 saturated heterocycles. The van der Waals surface area contributed by atoms with Crippen molar-refractivity contribution in [3.8, 4) is 10.6 Å². The van der Waals surface area contributed by atoms with E-state index in [9.17, 15) is 13.2 Å². The summed E-state index contributed by atoms with van der Waals surface area (Å²) in [4.78, 5) is 4.36. The Labute approximate surface area is 119 Å². The monoisotopic (exact) mass is 300 g/mol. The Bertz CT molecular complexity index is 576. The standard InChI is InChI=1S/C14H15F3N2S/c1-9(2)18-7-12-8-20-13(19-12)10-4-3-5-11(6-10)14(15,16)17/h3-6,8-9,18H,7H2,1-2H3. The van der Waals surface area contributed by atoms with Crippen LogP contribution in [-0.2, 0) is 12.7 Å². The van der Waals surface area contributed by atoms with Crippen LogP contribution in [0.25, 0.3) is 10.6 Å². The molecular formula is C14H15F3N2S. The molecule has 2 aromatic rings. The zero-order valence-electron chi connectivity index (χ0n) is 11.2. The van der Waals surface area contributed by atoms with Crippen molar-refractivity contribution in [1.29, 1.82) is 0 Å². The summed E-state index contributed by atoms with van der Waals surface area (Å²) in [6, 6.07) is 5.60. The molecule has 20 heavy (non-hydrogen) atoms. The van der Waals surface area contributed by atoms with E-state index in [4.69, 9.17) is 0 Å². The van der Waals surface area contributed by atoms with E-state index in [0.717, 1.165) is 17.8 Å². The van der Waals surface area contributed by atoms with Crippen molar-refractivity contribution in [2.45, 2.75) is 32.6 Å². The Hall–Kier alpha value is -1.40. The summed E-state index contributed by atoms with van der Waals surface area (Å²) in [6.45, 7) is 4.67. The van der Waals surface area contributed by atoms with Crippen LogP contribution in [0.2, 0.25) is 0 Å². The van der Waals surface area contributed by atoms with Gasteiger partial charge in [-0.1, -0.05) is 26.0 Å². The van der Waals surface area contributed by atoms with Crippen LogP contribution in [0.3, 0.4) is 0 Å². The smallest absolute Gasteiger partial charge is 0.309 e. The van der Waals surface area contributed by atoms with Gasteiger partial charge >= 0.3 is 6.18 Å². The van der Waals surface area contributed by atoms with Gasteiger partial charge in [-0.2, -0.15) is 13.2 Å². The maximum Gasteiger partial charge on any atom is 0.416 e. The molecule has 2 rings (SSSR count). The maximum absolute atomic E-state index is 12.7. The molecule has 0 aliphatic carbocycles. The number of hydrogen-bond acceptors (Lipinski definition) is 3. The minimum Gasteiger partial charge on any atom is -0.309 e. The highest BCUT2D eigenvalue weighted by Crippen LogP contribution is 2.33. The number of thiazole rings is 1. The first-order valence-electron chi connectivity index (χ1n) is 6.21. The van der Waals surface area contributed by atoms with E-state index in [1.54, 1.807) is 6.07 Å². The number of halogens is 3. The van der Waals surface area contributed by atoms with Crippen LogP contribution >= 0.6 is 11.3 Å². The number of hydrogen-bond donors (Lipinski definition) is 1. The Balaban J connectivity index is 2.20. The van der Waals surface area contributed by atoms with Crippen molar-refractivity contribution in [3.63, 3.8) is 0 Å². The second-order valence-electron chi connectivity index (χ2n) is 4.76. The summed E-state index contributed by atoms with van der Waals surface area (Å²) in [5.41, 5.74) is 0.698. The Morgan fingerprint density at radius 3 is 2.70 bits per heavy atom. The second-order valence-corrected chi connectivity index (χ2v) is 5.62. The lowest BCUT2D eigenvalue weighted by atomic mass is 10.1. The zero-order valence-corrected chi connectivity index (χ0v) is 12.0. The van der Waals surface area contributed by atoms with Crippen LogP contribution in [0.1, 0.15) is 25.1 Å². The largest absolute Gasteiger partial charge is 0.416 e. The van der Waals surface area contributed by atoms with Crippen LogP contribution in [-0.4, -0.2) is 11.0 Å². The quantitative estimate of drug-likeness (QED) is 0.909. The zero-order chi connectivity index (χ0) is 14.8. The van der Waals surface area contributed by atoms with E-state index >= 15 is 0 Å². The fraction of sp³-hybridized carbons (Fsp3) is 0.357. The molecule has 2 nitrogen and oxygen atoms in total. The molecule has 1 aromatic heterocycles. The van der Waals surface area contributed by atoms with Crippen molar-refractivity contribution in [1.82, 2.24) is 10.3 Å². The van der Waals surface area contributed by atoms with Crippen molar-refractivity contribution in [3.05, 3.63) is 40.9 Å². The highest BCUT2D eigenvalue weighted by molar-refractivity contribution is 7.13. The number of alkyl halides is 3. The van der Waals surface area contributed by atoms with Crippen molar-refractivity contribution >= 4 is 11.3 Å². The second kappa shape index (κ2) is 5.93. The summed E-state index contributed by atoms with van der Waals surface area (Å²) in [5, 5.41) is 5.70. The fourth-order valence-corrected chi connectivity index (χ4v) is 2.47. The molecule has 0 radical (unpaired) electrons. The summed E-state index contributed by atoms with van der Waals surface area (Å²) in [7, 11) is 0. The van der Waals surface area contributed by atoms with Crippen molar-refractivity contribution in [2.24, 2.45) is 0 Å². The third kappa shape index (κ3) is 3.80.